The van der Waals surface area contributed by atoms with E-state index < -0.39 is 0 Å². The maximum absolute atomic E-state index is 2.25. The molecule has 34 valence electrons. The molecule has 0 bridgehead atoms. The van der Waals surface area contributed by atoms with Crippen molar-refractivity contribution in [2.24, 2.45) is 0 Å². The van der Waals surface area contributed by atoms with Crippen LogP contribution in [-0.2, 0) is 19.5 Å². The van der Waals surface area contributed by atoms with Gasteiger partial charge in [0, 0.05) is 0 Å². The molecule has 0 nitrogen and oxygen atoms in total. The molecule has 1 fully saturated rings. The van der Waals surface area contributed by atoms with Gasteiger partial charge in [-0.25, -0.2) is 12.8 Å². The zero-order valence-corrected chi connectivity index (χ0v) is 9.40. The minimum Gasteiger partial charge on any atom is -0.358 e. The van der Waals surface area contributed by atoms with Gasteiger partial charge in [0.05, 0.1) is 0 Å². The summed E-state index contributed by atoms with van der Waals surface area (Å²) in [6, 6.07) is 0. The van der Waals surface area contributed by atoms with Gasteiger partial charge in [0.1, 0.15) is 0 Å². The minimum absolute atomic E-state index is 0. The second kappa shape index (κ2) is 9.61. The monoisotopic (exact) mass is 248 g/mol. The summed E-state index contributed by atoms with van der Waals surface area (Å²) in [4.78, 5) is 0. The van der Waals surface area contributed by atoms with Crippen LogP contribution in [0.15, 0.2) is 0 Å². The van der Waals surface area contributed by atoms with Crippen molar-refractivity contribution < 1.29 is 19.5 Å². The first-order chi connectivity index (χ1) is 1.50. The molecule has 0 aromatic rings. The third-order valence-corrected chi connectivity index (χ3v) is 0.289. The Labute approximate surface area is 69.9 Å². The maximum atomic E-state index is 2.25. The van der Waals surface area contributed by atoms with Crippen LogP contribution in [0.25, 0.3) is 0 Å². The Morgan fingerprint density at radius 1 is 1.17 bits per heavy atom. The molecule has 1 saturated carbocycles. The van der Waals surface area contributed by atoms with Gasteiger partial charge in [0.25, 0.3) is 0 Å². The van der Waals surface area contributed by atoms with E-state index in [1.165, 1.54) is 12.8 Å². The SMILES string of the molecule is I.[CH-]1CC1.[CH3-].[Zn+2]. The zero-order valence-electron chi connectivity index (χ0n) is 4.11. The molecule has 0 atom stereocenters. The molecule has 0 N–H and O–H groups in total. The van der Waals surface area contributed by atoms with E-state index in [1.807, 2.05) is 0 Å². The first-order valence-electron chi connectivity index (χ1n) is 1.32. The predicted octanol–water partition coefficient (Wildman–Crippen LogP) is 2.05. The largest absolute Gasteiger partial charge is 2.00 e. The number of hydrogen-bond donors (Lipinski definition) is 0. The van der Waals surface area contributed by atoms with Gasteiger partial charge in [-0.3, -0.25) is 0 Å². The summed E-state index contributed by atoms with van der Waals surface area (Å²) < 4.78 is 0. The molecule has 0 saturated heterocycles. The molecule has 0 radical (unpaired) electrons. The molecule has 0 spiro atoms. The Balaban J connectivity index is -0.0000000300. The molecule has 0 aliphatic heterocycles. The van der Waals surface area contributed by atoms with Crippen molar-refractivity contribution in [1.82, 2.24) is 0 Å². The van der Waals surface area contributed by atoms with Crippen molar-refractivity contribution in [3.63, 3.8) is 0 Å². The summed E-state index contributed by atoms with van der Waals surface area (Å²) in [5, 5.41) is 0. The first kappa shape index (κ1) is 15.7. The molecule has 1 rings (SSSR count). The van der Waals surface area contributed by atoms with E-state index >= 15 is 0 Å². The van der Waals surface area contributed by atoms with Gasteiger partial charge < -0.3 is 13.8 Å². The molecular formula is C4H9IZn. The molecule has 1 aliphatic rings. The first-order valence-corrected chi connectivity index (χ1v) is 1.32. The van der Waals surface area contributed by atoms with Gasteiger partial charge in [0.2, 0.25) is 0 Å². The van der Waals surface area contributed by atoms with Crippen molar-refractivity contribution in [3.8, 4) is 0 Å². The topological polar surface area (TPSA) is 0 Å². The quantitative estimate of drug-likeness (QED) is 0.350. The normalized spacial score (nSPS) is 12.0. The second-order valence-corrected chi connectivity index (χ2v) is 0.866. The van der Waals surface area contributed by atoms with Gasteiger partial charge >= 0.3 is 19.5 Å². The van der Waals surface area contributed by atoms with Crippen LogP contribution >= 0.6 is 24.0 Å². The average molecular weight is 249 g/mol. The Hall–Kier alpha value is 1.35. The second-order valence-electron chi connectivity index (χ2n) is 0.866. The number of rotatable bonds is 0. The summed E-state index contributed by atoms with van der Waals surface area (Å²) in [6.07, 6.45) is 5.00. The molecule has 6 heavy (non-hydrogen) atoms. The van der Waals surface area contributed by atoms with Crippen molar-refractivity contribution in [2.45, 2.75) is 12.8 Å². The summed E-state index contributed by atoms with van der Waals surface area (Å²) in [5.74, 6) is 0. The van der Waals surface area contributed by atoms with Gasteiger partial charge in [-0.2, -0.15) is 0 Å². The van der Waals surface area contributed by atoms with Gasteiger partial charge in [0.15, 0.2) is 0 Å². The Morgan fingerprint density at radius 2 is 1.33 bits per heavy atom. The molecule has 0 aromatic heterocycles. The van der Waals surface area contributed by atoms with E-state index in [0.717, 1.165) is 0 Å². The number of hydrogen-bond acceptors (Lipinski definition) is 0. The summed E-state index contributed by atoms with van der Waals surface area (Å²) in [6.45, 7) is 0. The Kier molecular flexibility index (Phi) is 25.1. The van der Waals surface area contributed by atoms with Crippen LogP contribution in [0.2, 0.25) is 0 Å². The molecular weight excluding hydrogens is 240 g/mol. The van der Waals surface area contributed by atoms with E-state index in [0.29, 0.717) is 0 Å². The fourth-order valence-corrected chi connectivity index (χ4v) is 0. The standard InChI is InChI=1S/C3H5.CH3.HI.Zn/c1-2-3-1;;;/h1H,2-3H2;1H3;1H;/q2*-1;;+2. The minimum atomic E-state index is 0. The van der Waals surface area contributed by atoms with Crippen molar-refractivity contribution in [2.75, 3.05) is 0 Å². The third kappa shape index (κ3) is 18.3. The van der Waals surface area contributed by atoms with Crippen LogP contribution in [-0.4, -0.2) is 0 Å². The van der Waals surface area contributed by atoms with Crippen LogP contribution in [0, 0.1) is 13.8 Å². The van der Waals surface area contributed by atoms with Crippen LogP contribution in [0.4, 0.5) is 0 Å². The van der Waals surface area contributed by atoms with Gasteiger partial charge in [-0.1, -0.05) is 0 Å². The predicted molar refractivity (Wildman–Crippen MR) is 35.4 cm³/mol. The van der Waals surface area contributed by atoms with E-state index in [-0.39, 0.29) is 50.9 Å². The fraction of sp³-hybridized carbons (Fsp3) is 0.500. The van der Waals surface area contributed by atoms with E-state index in [9.17, 15) is 0 Å². The zero-order chi connectivity index (χ0) is 2.12. The molecule has 0 aromatic carbocycles. The Morgan fingerprint density at radius 3 is 1.33 bits per heavy atom. The Bertz CT molecular complexity index is 12.3. The fourth-order valence-electron chi connectivity index (χ4n) is 0. The summed E-state index contributed by atoms with van der Waals surface area (Å²) in [7, 11) is 0. The molecule has 0 unspecified atom stereocenters. The molecule has 1 aliphatic carbocycles. The summed E-state index contributed by atoms with van der Waals surface area (Å²) >= 11 is 0. The molecule has 2 heteroatoms. The van der Waals surface area contributed by atoms with Gasteiger partial charge in [-0.05, 0) is 0 Å². The van der Waals surface area contributed by atoms with Gasteiger partial charge in [-0.15, -0.1) is 24.0 Å². The van der Waals surface area contributed by atoms with E-state index in [2.05, 4.69) is 6.42 Å². The van der Waals surface area contributed by atoms with E-state index in [4.69, 9.17) is 0 Å². The molecule has 0 heterocycles. The van der Waals surface area contributed by atoms with Crippen molar-refractivity contribution in [3.05, 3.63) is 13.8 Å². The third-order valence-electron chi connectivity index (χ3n) is 0.289. The van der Waals surface area contributed by atoms with Crippen LogP contribution in [0.1, 0.15) is 12.8 Å². The molecule has 0 amide bonds. The van der Waals surface area contributed by atoms with E-state index in [1.54, 1.807) is 0 Å². The average Bonchev–Trinajstić information content (AvgIpc) is 1.46. The van der Waals surface area contributed by atoms with Crippen LogP contribution in [0.5, 0.6) is 0 Å². The van der Waals surface area contributed by atoms with Crippen molar-refractivity contribution in [1.29, 1.82) is 0 Å². The van der Waals surface area contributed by atoms with Crippen molar-refractivity contribution >= 4 is 24.0 Å². The number of halogens is 1. The summed E-state index contributed by atoms with van der Waals surface area (Å²) in [5.41, 5.74) is 0. The smallest absolute Gasteiger partial charge is 0.358 e. The van der Waals surface area contributed by atoms with Crippen LogP contribution < -0.4 is 0 Å². The maximum Gasteiger partial charge on any atom is 2.00 e. The van der Waals surface area contributed by atoms with Crippen LogP contribution in [0.3, 0.4) is 0 Å².